The van der Waals surface area contributed by atoms with E-state index in [4.69, 9.17) is 4.74 Å². The van der Waals surface area contributed by atoms with Gasteiger partial charge in [-0.2, -0.15) is 0 Å². The van der Waals surface area contributed by atoms with Gasteiger partial charge in [0.1, 0.15) is 0 Å². The minimum atomic E-state index is -0.362. The van der Waals surface area contributed by atoms with Gasteiger partial charge < -0.3 is 19.8 Å². The van der Waals surface area contributed by atoms with Crippen LogP contribution in [-0.4, -0.2) is 47.3 Å². The predicted molar refractivity (Wildman–Crippen MR) is 56.5 cm³/mol. The van der Waals surface area contributed by atoms with Crippen molar-refractivity contribution < 1.29 is 19.7 Å². The zero-order valence-corrected chi connectivity index (χ0v) is 8.72. The molecule has 1 aliphatic rings. The second-order valence-electron chi connectivity index (χ2n) is 3.58. The molecule has 1 aliphatic heterocycles. The summed E-state index contributed by atoms with van der Waals surface area (Å²) in [4.78, 5) is 13.6. The quantitative estimate of drug-likeness (QED) is 0.683. The van der Waals surface area contributed by atoms with Crippen LogP contribution < -0.4 is 0 Å². The highest BCUT2D eigenvalue weighted by Gasteiger charge is 2.22. The van der Waals surface area contributed by atoms with E-state index in [0.717, 1.165) is 0 Å². The molecule has 1 saturated heterocycles. The molecule has 0 spiro atoms. The highest BCUT2D eigenvalue weighted by molar-refractivity contribution is 5.97. The van der Waals surface area contributed by atoms with E-state index in [1.54, 1.807) is 4.90 Å². The number of para-hydroxylation sites is 1. The number of benzene rings is 1. The third-order valence-corrected chi connectivity index (χ3v) is 2.54. The van der Waals surface area contributed by atoms with Crippen LogP contribution in [0.1, 0.15) is 10.4 Å². The third kappa shape index (κ3) is 1.94. The number of carbonyl (C=O) groups is 1. The minimum Gasteiger partial charge on any atom is -0.504 e. The smallest absolute Gasteiger partial charge is 0.257 e. The largest absolute Gasteiger partial charge is 0.504 e. The zero-order chi connectivity index (χ0) is 11.5. The third-order valence-electron chi connectivity index (χ3n) is 2.54. The monoisotopic (exact) mass is 223 g/mol. The number of nitrogens with zero attached hydrogens (tertiary/aromatic N) is 1. The Hall–Kier alpha value is -1.75. The maximum absolute atomic E-state index is 12.0. The Balaban J connectivity index is 2.22. The molecule has 2 N–H and O–H groups in total. The number of phenols is 2. The maximum atomic E-state index is 12.0. The predicted octanol–water partition coefficient (Wildman–Crippen LogP) is 0.570. The Kier molecular flexibility index (Phi) is 2.96. The molecule has 1 amide bonds. The molecule has 0 radical (unpaired) electrons. The average molecular weight is 223 g/mol. The fraction of sp³-hybridized carbons (Fsp3) is 0.364. The normalized spacial score (nSPS) is 16.1. The van der Waals surface area contributed by atoms with Crippen molar-refractivity contribution in [2.45, 2.75) is 0 Å². The molecular weight excluding hydrogens is 210 g/mol. The number of rotatable bonds is 1. The summed E-state index contributed by atoms with van der Waals surface area (Å²) in [6.45, 7) is 2.03. The van der Waals surface area contributed by atoms with E-state index in [1.165, 1.54) is 18.2 Å². The van der Waals surface area contributed by atoms with Crippen molar-refractivity contribution in [3.05, 3.63) is 23.8 Å². The van der Waals surface area contributed by atoms with Gasteiger partial charge in [-0.05, 0) is 12.1 Å². The number of amides is 1. The van der Waals surface area contributed by atoms with Gasteiger partial charge in [-0.3, -0.25) is 4.79 Å². The molecule has 5 nitrogen and oxygen atoms in total. The molecule has 1 fully saturated rings. The first-order chi connectivity index (χ1) is 7.70. The van der Waals surface area contributed by atoms with Crippen LogP contribution in [0, 0.1) is 0 Å². The summed E-state index contributed by atoms with van der Waals surface area (Å²) in [6, 6.07) is 4.36. The van der Waals surface area contributed by atoms with Crippen molar-refractivity contribution in [3.8, 4) is 11.5 Å². The maximum Gasteiger partial charge on any atom is 0.257 e. The molecule has 2 rings (SSSR count). The van der Waals surface area contributed by atoms with Gasteiger partial charge in [-0.25, -0.2) is 0 Å². The molecule has 0 aliphatic carbocycles. The Morgan fingerprint density at radius 2 is 1.94 bits per heavy atom. The van der Waals surface area contributed by atoms with Crippen LogP contribution in [0.2, 0.25) is 0 Å². The standard InChI is InChI=1S/C11H13NO4/c13-9-3-1-2-8(10(9)14)11(15)12-4-6-16-7-5-12/h1-3,13-14H,4-7H2. The highest BCUT2D eigenvalue weighted by atomic mass is 16.5. The number of hydrogen-bond donors (Lipinski definition) is 2. The number of morpholine rings is 1. The lowest BCUT2D eigenvalue weighted by Gasteiger charge is -2.27. The number of aromatic hydroxyl groups is 2. The van der Waals surface area contributed by atoms with E-state index in [2.05, 4.69) is 0 Å². The van der Waals surface area contributed by atoms with Crippen LogP contribution in [0.4, 0.5) is 0 Å². The number of ether oxygens (including phenoxy) is 1. The van der Waals surface area contributed by atoms with Crippen LogP contribution in [0.5, 0.6) is 11.5 Å². The Morgan fingerprint density at radius 3 is 2.62 bits per heavy atom. The van der Waals surface area contributed by atoms with Gasteiger partial charge in [0.25, 0.3) is 5.91 Å². The lowest BCUT2D eigenvalue weighted by atomic mass is 10.1. The van der Waals surface area contributed by atoms with E-state index in [0.29, 0.717) is 26.3 Å². The van der Waals surface area contributed by atoms with Crippen molar-refractivity contribution in [1.29, 1.82) is 0 Å². The van der Waals surface area contributed by atoms with Gasteiger partial charge in [0.15, 0.2) is 11.5 Å². The Labute approximate surface area is 92.9 Å². The molecule has 0 aromatic heterocycles. The fourth-order valence-corrected chi connectivity index (χ4v) is 1.64. The first kappa shape index (κ1) is 10.8. The molecule has 16 heavy (non-hydrogen) atoms. The zero-order valence-electron chi connectivity index (χ0n) is 8.72. The second kappa shape index (κ2) is 4.40. The summed E-state index contributed by atoms with van der Waals surface area (Å²) in [5.74, 6) is -0.921. The lowest BCUT2D eigenvalue weighted by Crippen LogP contribution is -2.40. The van der Waals surface area contributed by atoms with E-state index in [9.17, 15) is 15.0 Å². The van der Waals surface area contributed by atoms with Crippen LogP contribution in [-0.2, 0) is 4.74 Å². The van der Waals surface area contributed by atoms with Gasteiger partial charge in [0.05, 0.1) is 18.8 Å². The van der Waals surface area contributed by atoms with Gasteiger partial charge in [-0.15, -0.1) is 0 Å². The molecular formula is C11H13NO4. The SMILES string of the molecule is O=C(c1cccc(O)c1O)N1CCOCC1. The summed E-state index contributed by atoms with van der Waals surface area (Å²) in [7, 11) is 0. The molecule has 0 unspecified atom stereocenters. The molecule has 1 heterocycles. The average Bonchev–Trinajstić information content (AvgIpc) is 2.33. The highest BCUT2D eigenvalue weighted by Crippen LogP contribution is 2.29. The van der Waals surface area contributed by atoms with Crippen LogP contribution >= 0.6 is 0 Å². The summed E-state index contributed by atoms with van der Waals surface area (Å²) in [6.07, 6.45) is 0. The van der Waals surface area contributed by atoms with Gasteiger partial charge in [0, 0.05) is 13.1 Å². The van der Waals surface area contributed by atoms with Gasteiger partial charge in [0.2, 0.25) is 0 Å². The summed E-state index contributed by atoms with van der Waals surface area (Å²) >= 11 is 0. The van der Waals surface area contributed by atoms with Crippen molar-refractivity contribution in [3.63, 3.8) is 0 Å². The number of carbonyl (C=O) groups excluding carboxylic acids is 1. The van der Waals surface area contributed by atoms with E-state index < -0.39 is 0 Å². The van der Waals surface area contributed by atoms with Crippen LogP contribution in [0.15, 0.2) is 18.2 Å². The van der Waals surface area contributed by atoms with E-state index in [1.807, 2.05) is 0 Å². The summed E-state index contributed by atoms with van der Waals surface area (Å²) in [5, 5.41) is 18.9. The van der Waals surface area contributed by atoms with Gasteiger partial charge >= 0.3 is 0 Å². The summed E-state index contributed by atoms with van der Waals surface area (Å²) in [5.41, 5.74) is 0.127. The Bertz CT molecular complexity index is 399. The molecule has 0 bridgehead atoms. The van der Waals surface area contributed by atoms with Crippen molar-refractivity contribution >= 4 is 5.91 Å². The lowest BCUT2D eigenvalue weighted by molar-refractivity contribution is 0.0300. The topological polar surface area (TPSA) is 70.0 Å². The minimum absolute atomic E-state index is 0.127. The van der Waals surface area contributed by atoms with E-state index in [-0.39, 0.29) is 23.0 Å². The Morgan fingerprint density at radius 1 is 1.25 bits per heavy atom. The molecule has 0 saturated carbocycles. The first-order valence-electron chi connectivity index (χ1n) is 5.08. The van der Waals surface area contributed by atoms with Crippen molar-refractivity contribution in [2.24, 2.45) is 0 Å². The molecule has 86 valence electrons. The second-order valence-corrected chi connectivity index (χ2v) is 3.58. The molecule has 0 atom stereocenters. The molecule has 1 aromatic rings. The summed E-state index contributed by atoms with van der Waals surface area (Å²) < 4.78 is 5.13. The number of phenolic OH excluding ortho intramolecular Hbond substituents is 2. The van der Waals surface area contributed by atoms with Crippen LogP contribution in [0.3, 0.4) is 0 Å². The van der Waals surface area contributed by atoms with Crippen LogP contribution in [0.25, 0.3) is 0 Å². The molecule has 5 heteroatoms. The number of hydrogen-bond acceptors (Lipinski definition) is 4. The van der Waals surface area contributed by atoms with Gasteiger partial charge in [-0.1, -0.05) is 6.07 Å². The van der Waals surface area contributed by atoms with Crippen molar-refractivity contribution in [1.82, 2.24) is 4.90 Å². The van der Waals surface area contributed by atoms with E-state index >= 15 is 0 Å². The molecule has 1 aromatic carbocycles. The van der Waals surface area contributed by atoms with Crippen molar-refractivity contribution in [2.75, 3.05) is 26.3 Å². The fourth-order valence-electron chi connectivity index (χ4n) is 1.64. The first-order valence-corrected chi connectivity index (χ1v) is 5.08.